The number of carbonyl (C=O) groups excluding carboxylic acids is 1. The zero-order valence-electron chi connectivity index (χ0n) is 14.0. The van der Waals surface area contributed by atoms with Crippen LogP contribution in [0.5, 0.6) is 5.75 Å². The Kier molecular flexibility index (Phi) is 5.85. The standard InChI is InChI=1S/C18H17FN4O2S/c1-12-6-2-4-8-14(12)20-17(24)11-26-18-21-16(22-23-18)10-25-15-9-5-3-7-13(15)19/h2-9H,10-11H2,1H3,(H,20,24)(H,21,22,23). The number of H-pyrrole nitrogens is 1. The molecule has 1 amide bonds. The maximum atomic E-state index is 13.5. The third-order valence-electron chi connectivity index (χ3n) is 3.46. The number of ether oxygens (including phenoxy) is 1. The lowest BCUT2D eigenvalue weighted by atomic mass is 10.2. The van der Waals surface area contributed by atoms with Gasteiger partial charge in [-0.05, 0) is 30.7 Å². The van der Waals surface area contributed by atoms with Crippen molar-refractivity contribution < 1.29 is 13.9 Å². The van der Waals surface area contributed by atoms with E-state index < -0.39 is 5.82 Å². The van der Waals surface area contributed by atoms with E-state index in [1.54, 1.807) is 12.1 Å². The number of rotatable bonds is 7. The van der Waals surface area contributed by atoms with E-state index in [1.165, 1.54) is 23.9 Å². The predicted molar refractivity (Wildman–Crippen MR) is 97.6 cm³/mol. The number of carbonyl (C=O) groups is 1. The molecule has 3 rings (SSSR count). The molecule has 2 aromatic carbocycles. The summed E-state index contributed by atoms with van der Waals surface area (Å²) >= 11 is 1.20. The normalized spacial score (nSPS) is 10.5. The highest BCUT2D eigenvalue weighted by Crippen LogP contribution is 2.18. The molecule has 0 aliphatic carbocycles. The van der Waals surface area contributed by atoms with Crippen LogP contribution in [0.25, 0.3) is 0 Å². The van der Waals surface area contributed by atoms with Crippen molar-refractivity contribution in [3.63, 3.8) is 0 Å². The molecule has 1 heterocycles. The van der Waals surface area contributed by atoms with Crippen molar-refractivity contribution in [2.45, 2.75) is 18.7 Å². The summed E-state index contributed by atoms with van der Waals surface area (Å²) in [5, 5.41) is 10.0. The first kappa shape index (κ1) is 17.9. The number of hydrogen-bond donors (Lipinski definition) is 2. The number of amides is 1. The lowest BCUT2D eigenvalue weighted by Gasteiger charge is -2.06. The van der Waals surface area contributed by atoms with E-state index in [0.717, 1.165) is 11.3 Å². The highest BCUT2D eigenvalue weighted by molar-refractivity contribution is 7.99. The molecule has 3 aromatic rings. The first-order valence-electron chi connectivity index (χ1n) is 7.88. The fraction of sp³-hybridized carbons (Fsp3) is 0.167. The van der Waals surface area contributed by atoms with Gasteiger partial charge in [-0.15, -0.1) is 5.10 Å². The molecule has 0 spiro atoms. The van der Waals surface area contributed by atoms with Gasteiger partial charge in [-0.1, -0.05) is 42.1 Å². The third-order valence-corrected chi connectivity index (χ3v) is 4.31. The number of nitrogens with zero attached hydrogens (tertiary/aromatic N) is 2. The minimum atomic E-state index is -0.436. The van der Waals surface area contributed by atoms with Crippen LogP contribution >= 0.6 is 11.8 Å². The molecule has 0 bridgehead atoms. The number of nitrogens with one attached hydrogen (secondary N) is 2. The zero-order chi connectivity index (χ0) is 18.4. The Bertz CT molecular complexity index is 900. The van der Waals surface area contributed by atoms with Crippen LogP contribution < -0.4 is 10.1 Å². The van der Waals surface area contributed by atoms with Gasteiger partial charge in [0.1, 0.15) is 6.61 Å². The van der Waals surface area contributed by atoms with E-state index in [1.807, 2.05) is 31.2 Å². The number of para-hydroxylation sites is 2. The van der Waals surface area contributed by atoms with Gasteiger partial charge in [0.15, 0.2) is 17.4 Å². The molecule has 0 saturated carbocycles. The molecule has 0 radical (unpaired) electrons. The number of aromatic amines is 1. The summed E-state index contributed by atoms with van der Waals surface area (Å²) in [6.07, 6.45) is 0. The molecule has 0 atom stereocenters. The molecule has 0 saturated heterocycles. The first-order chi connectivity index (χ1) is 12.6. The Balaban J connectivity index is 1.48. The topological polar surface area (TPSA) is 79.9 Å². The molecule has 2 N–H and O–H groups in total. The molecule has 26 heavy (non-hydrogen) atoms. The van der Waals surface area contributed by atoms with E-state index in [0.29, 0.717) is 11.0 Å². The zero-order valence-corrected chi connectivity index (χ0v) is 14.8. The fourth-order valence-electron chi connectivity index (χ4n) is 2.14. The Hall–Kier alpha value is -2.87. The molecule has 0 unspecified atom stereocenters. The third kappa shape index (κ3) is 4.82. The summed E-state index contributed by atoms with van der Waals surface area (Å²) in [5.41, 5.74) is 1.78. The van der Waals surface area contributed by atoms with Gasteiger partial charge >= 0.3 is 0 Å². The smallest absolute Gasteiger partial charge is 0.234 e. The van der Waals surface area contributed by atoms with Crippen LogP contribution in [-0.2, 0) is 11.4 Å². The summed E-state index contributed by atoms with van der Waals surface area (Å²) in [4.78, 5) is 16.2. The second kappa shape index (κ2) is 8.48. The number of thioether (sulfide) groups is 1. The van der Waals surface area contributed by atoms with E-state index in [4.69, 9.17) is 4.74 Å². The summed E-state index contributed by atoms with van der Waals surface area (Å²) in [5.74, 6) is 0.207. The van der Waals surface area contributed by atoms with Gasteiger partial charge in [0.05, 0.1) is 5.75 Å². The van der Waals surface area contributed by atoms with E-state index in [9.17, 15) is 9.18 Å². The summed E-state index contributed by atoms with van der Waals surface area (Å²) in [7, 11) is 0. The molecular weight excluding hydrogens is 355 g/mol. The lowest BCUT2D eigenvalue weighted by Crippen LogP contribution is -2.14. The van der Waals surface area contributed by atoms with Crippen molar-refractivity contribution in [2.24, 2.45) is 0 Å². The van der Waals surface area contributed by atoms with Crippen LogP contribution in [-0.4, -0.2) is 26.8 Å². The monoisotopic (exact) mass is 372 g/mol. The van der Waals surface area contributed by atoms with Gasteiger partial charge in [0, 0.05) is 5.69 Å². The highest BCUT2D eigenvalue weighted by atomic mass is 32.2. The van der Waals surface area contributed by atoms with E-state index in [-0.39, 0.29) is 24.0 Å². The molecular formula is C18H17FN4O2S. The molecule has 8 heteroatoms. The van der Waals surface area contributed by atoms with Crippen LogP contribution in [0, 0.1) is 12.7 Å². The summed E-state index contributed by atoms with van der Waals surface area (Å²) in [6, 6.07) is 13.7. The van der Waals surface area contributed by atoms with Gasteiger partial charge in [-0.25, -0.2) is 9.37 Å². The Morgan fingerprint density at radius 2 is 2.00 bits per heavy atom. The molecule has 6 nitrogen and oxygen atoms in total. The van der Waals surface area contributed by atoms with Crippen LogP contribution in [0.1, 0.15) is 11.4 Å². The largest absolute Gasteiger partial charge is 0.483 e. The van der Waals surface area contributed by atoms with Gasteiger partial charge in [-0.2, -0.15) is 0 Å². The van der Waals surface area contributed by atoms with Crippen molar-refractivity contribution in [2.75, 3.05) is 11.1 Å². The SMILES string of the molecule is Cc1ccccc1NC(=O)CSc1n[nH]c(COc2ccccc2F)n1. The average molecular weight is 372 g/mol. The molecule has 0 aliphatic rings. The van der Waals surface area contributed by atoms with Gasteiger partial charge in [-0.3, -0.25) is 9.89 Å². The lowest BCUT2D eigenvalue weighted by molar-refractivity contribution is -0.113. The Morgan fingerprint density at radius 1 is 1.23 bits per heavy atom. The van der Waals surface area contributed by atoms with Gasteiger partial charge in [0.25, 0.3) is 0 Å². The minimum Gasteiger partial charge on any atom is -0.483 e. The number of anilines is 1. The minimum absolute atomic E-state index is 0.0594. The first-order valence-corrected chi connectivity index (χ1v) is 8.87. The Morgan fingerprint density at radius 3 is 2.81 bits per heavy atom. The van der Waals surface area contributed by atoms with Crippen molar-refractivity contribution >= 4 is 23.4 Å². The maximum Gasteiger partial charge on any atom is 0.234 e. The van der Waals surface area contributed by atoms with Crippen LogP contribution in [0.2, 0.25) is 0 Å². The molecule has 0 fully saturated rings. The fourth-order valence-corrected chi connectivity index (χ4v) is 2.76. The number of aromatic nitrogens is 3. The molecule has 1 aromatic heterocycles. The number of benzene rings is 2. The quantitative estimate of drug-likeness (QED) is 0.620. The van der Waals surface area contributed by atoms with Crippen LogP contribution in [0.15, 0.2) is 53.7 Å². The van der Waals surface area contributed by atoms with Crippen molar-refractivity contribution in [3.05, 3.63) is 65.7 Å². The van der Waals surface area contributed by atoms with Crippen molar-refractivity contribution in [1.82, 2.24) is 15.2 Å². The van der Waals surface area contributed by atoms with E-state index >= 15 is 0 Å². The molecule has 134 valence electrons. The maximum absolute atomic E-state index is 13.5. The molecule has 0 aliphatic heterocycles. The predicted octanol–water partition coefficient (Wildman–Crippen LogP) is 3.56. The summed E-state index contributed by atoms with van der Waals surface area (Å²) < 4.78 is 18.9. The second-order valence-electron chi connectivity index (χ2n) is 5.44. The summed E-state index contributed by atoms with van der Waals surface area (Å²) in [6.45, 7) is 1.99. The number of halogens is 1. The number of hydrogen-bond acceptors (Lipinski definition) is 5. The van der Waals surface area contributed by atoms with Crippen molar-refractivity contribution in [3.8, 4) is 5.75 Å². The van der Waals surface area contributed by atoms with Gasteiger partial charge in [0.2, 0.25) is 11.1 Å². The van der Waals surface area contributed by atoms with Crippen LogP contribution in [0.4, 0.5) is 10.1 Å². The van der Waals surface area contributed by atoms with Crippen LogP contribution in [0.3, 0.4) is 0 Å². The second-order valence-corrected chi connectivity index (χ2v) is 6.38. The Labute approximate surface area is 154 Å². The van der Waals surface area contributed by atoms with Crippen molar-refractivity contribution in [1.29, 1.82) is 0 Å². The van der Waals surface area contributed by atoms with Gasteiger partial charge < -0.3 is 10.1 Å². The van der Waals surface area contributed by atoms with E-state index in [2.05, 4.69) is 20.5 Å². The number of aryl methyl sites for hydroxylation is 1. The highest BCUT2D eigenvalue weighted by Gasteiger charge is 2.10. The average Bonchev–Trinajstić information content (AvgIpc) is 3.09.